The van der Waals surface area contributed by atoms with Gasteiger partial charge in [0.05, 0.1) is 26.4 Å². The van der Waals surface area contributed by atoms with Crippen LogP contribution in [0.4, 0.5) is 0 Å². The lowest BCUT2D eigenvalue weighted by atomic mass is 9.90. The summed E-state index contributed by atoms with van der Waals surface area (Å²) in [6, 6.07) is 0. The molecule has 0 aromatic carbocycles. The quantitative estimate of drug-likeness (QED) is 0.0795. The number of ether oxygens (including phenoxy) is 3. The van der Waals surface area contributed by atoms with Gasteiger partial charge in [-0.25, -0.2) is 0 Å². The van der Waals surface area contributed by atoms with Gasteiger partial charge in [0, 0.05) is 5.75 Å². The van der Waals surface area contributed by atoms with Crippen LogP contribution in [0.3, 0.4) is 0 Å². The van der Waals surface area contributed by atoms with Crippen molar-refractivity contribution in [1.29, 1.82) is 0 Å². The molecule has 0 radical (unpaired) electrons. The third-order valence-electron chi connectivity index (χ3n) is 4.75. The van der Waals surface area contributed by atoms with E-state index >= 15 is 0 Å². The van der Waals surface area contributed by atoms with Crippen LogP contribution in [0.1, 0.15) is 85.0 Å². The largest absolute Gasteiger partial charge is 0.465 e. The average Bonchev–Trinajstić information content (AvgIpc) is 2.74. The summed E-state index contributed by atoms with van der Waals surface area (Å²) >= 11 is 0. The molecule has 0 aliphatic rings. The summed E-state index contributed by atoms with van der Waals surface area (Å²) in [4.78, 5) is 24.4. The summed E-state index contributed by atoms with van der Waals surface area (Å²) in [7, 11) is 3.27. The van der Waals surface area contributed by atoms with Crippen LogP contribution in [0, 0.1) is 5.41 Å². The third kappa shape index (κ3) is 13.1. The van der Waals surface area contributed by atoms with E-state index in [4.69, 9.17) is 14.2 Å². The Balaban J connectivity index is 3.87. The highest BCUT2D eigenvalue weighted by Gasteiger charge is 2.49. The number of carbonyl (C=O) groups is 2. The van der Waals surface area contributed by atoms with Crippen LogP contribution in [0.15, 0.2) is 0 Å². The molecule has 0 saturated carbocycles. The van der Waals surface area contributed by atoms with Gasteiger partial charge in [0.25, 0.3) is 0 Å². The highest BCUT2D eigenvalue weighted by Crippen LogP contribution is 2.26. The molecule has 0 saturated heterocycles. The van der Waals surface area contributed by atoms with Crippen molar-refractivity contribution in [2.24, 2.45) is 5.41 Å². The number of hydrogen-bond donors (Lipinski definition) is 1. The second kappa shape index (κ2) is 20.5. The van der Waals surface area contributed by atoms with Gasteiger partial charge in [0.1, 0.15) is 5.94 Å². The van der Waals surface area contributed by atoms with Gasteiger partial charge in [-0.15, -0.1) is 0 Å². The summed E-state index contributed by atoms with van der Waals surface area (Å²) in [5.41, 5.74) is -1.81. The molecule has 178 valence electrons. The molecule has 0 rings (SSSR count). The standard InChI is InChI=1S/C22H42O6S2/c1-4-7-8-9-10-11-12-13-14-15-16-29-30-19-26-18-22(17-23,20(24)27-5-2)21(25)28-6-3/h23H,4-19H2,1-3H3. The van der Waals surface area contributed by atoms with Crippen LogP contribution in [0.25, 0.3) is 0 Å². The van der Waals surface area contributed by atoms with Crippen molar-refractivity contribution in [3.8, 4) is 0 Å². The van der Waals surface area contributed by atoms with Crippen molar-refractivity contribution < 1.29 is 28.9 Å². The maximum atomic E-state index is 12.2. The monoisotopic (exact) mass is 466 g/mol. The lowest BCUT2D eigenvalue weighted by Crippen LogP contribution is -2.48. The zero-order valence-electron chi connectivity index (χ0n) is 19.1. The van der Waals surface area contributed by atoms with Crippen LogP contribution in [-0.2, 0) is 23.8 Å². The van der Waals surface area contributed by atoms with Gasteiger partial charge >= 0.3 is 11.9 Å². The van der Waals surface area contributed by atoms with E-state index in [0.717, 1.165) is 5.75 Å². The Labute approximate surface area is 191 Å². The van der Waals surface area contributed by atoms with E-state index in [1.165, 1.54) is 64.2 Å². The predicted octanol–water partition coefficient (Wildman–Crippen LogP) is 5.37. The first-order valence-electron chi connectivity index (χ1n) is 11.4. The maximum Gasteiger partial charge on any atom is 0.328 e. The van der Waals surface area contributed by atoms with E-state index in [1.807, 2.05) is 0 Å². The van der Waals surface area contributed by atoms with Crippen LogP contribution in [0.2, 0.25) is 0 Å². The molecule has 0 bridgehead atoms. The fourth-order valence-electron chi connectivity index (χ4n) is 2.91. The molecule has 0 fully saturated rings. The summed E-state index contributed by atoms with van der Waals surface area (Å²) in [6.07, 6.45) is 13.2. The molecule has 0 aromatic heterocycles. The van der Waals surface area contributed by atoms with Gasteiger partial charge in [0.15, 0.2) is 0 Å². The summed E-state index contributed by atoms with van der Waals surface area (Å²) < 4.78 is 15.4. The van der Waals surface area contributed by atoms with Crippen LogP contribution >= 0.6 is 21.6 Å². The number of rotatable bonds is 21. The Morgan fingerprint density at radius 2 is 1.27 bits per heavy atom. The fourth-order valence-corrected chi connectivity index (χ4v) is 4.68. The maximum absolute atomic E-state index is 12.2. The van der Waals surface area contributed by atoms with Crippen molar-refractivity contribution >= 4 is 33.5 Å². The number of aliphatic hydroxyl groups is 1. The Hall–Kier alpha value is -0.440. The first-order valence-corrected chi connectivity index (χ1v) is 13.8. The zero-order valence-corrected chi connectivity index (χ0v) is 20.8. The molecular weight excluding hydrogens is 424 g/mol. The Kier molecular flexibility index (Phi) is 20.2. The SMILES string of the molecule is CCCCCCCCCCCCSSCOCC(CO)(C(=O)OCC)C(=O)OCC. The molecule has 0 unspecified atom stereocenters. The minimum atomic E-state index is -1.81. The second-order valence-corrected chi connectivity index (χ2v) is 9.80. The lowest BCUT2D eigenvalue weighted by Gasteiger charge is -2.26. The molecule has 8 heteroatoms. The first-order chi connectivity index (χ1) is 14.6. The molecule has 1 N–H and O–H groups in total. The minimum absolute atomic E-state index is 0.115. The van der Waals surface area contributed by atoms with Gasteiger partial charge in [-0.05, 0) is 20.3 Å². The third-order valence-corrected chi connectivity index (χ3v) is 6.92. The molecule has 0 amide bonds. The van der Waals surface area contributed by atoms with Crippen molar-refractivity contribution in [3.05, 3.63) is 0 Å². The molecule has 0 atom stereocenters. The topological polar surface area (TPSA) is 82.1 Å². The number of esters is 2. The van der Waals surface area contributed by atoms with Crippen LogP contribution in [0.5, 0.6) is 0 Å². The predicted molar refractivity (Wildman–Crippen MR) is 125 cm³/mol. The van der Waals surface area contributed by atoms with E-state index in [0.29, 0.717) is 5.94 Å². The number of hydrogen-bond acceptors (Lipinski definition) is 8. The highest BCUT2D eigenvalue weighted by atomic mass is 33.1. The van der Waals surface area contributed by atoms with Crippen LogP contribution in [-0.4, -0.2) is 55.2 Å². The van der Waals surface area contributed by atoms with Crippen LogP contribution < -0.4 is 0 Å². The van der Waals surface area contributed by atoms with E-state index < -0.39 is 24.0 Å². The Morgan fingerprint density at radius 3 is 1.73 bits per heavy atom. The molecular formula is C22H42O6S2. The molecule has 30 heavy (non-hydrogen) atoms. The van der Waals surface area contributed by atoms with E-state index in [9.17, 15) is 14.7 Å². The molecule has 0 aliphatic heterocycles. The van der Waals surface area contributed by atoms with E-state index in [1.54, 1.807) is 35.4 Å². The van der Waals surface area contributed by atoms with E-state index in [2.05, 4.69) is 6.92 Å². The smallest absolute Gasteiger partial charge is 0.328 e. The second-order valence-electron chi connectivity index (χ2n) is 7.27. The summed E-state index contributed by atoms with van der Waals surface area (Å²) in [5, 5.41) is 9.69. The van der Waals surface area contributed by atoms with Gasteiger partial charge in [-0.3, -0.25) is 9.59 Å². The van der Waals surface area contributed by atoms with Crippen molar-refractivity contribution in [2.75, 3.05) is 38.1 Å². The van der Waals surface area contributed by atoms with Crippen molar-refractivity contribution in [2.45, 2.75) is 85.0 Å². The van der Waals surface area contributed by atoms with Crippen molar-refractivity contribution in [3.63, 3.8) is 0 Å². The van der Waals surface area contributed by atoms with Gasteiger partial charge < -0.3 is 19.3 Å². The lowest BCUT2D eigenvalue weighted by molar-refractivity contribution is -0.179. The van der Waals surface area contributed by atoms with Gasteiger partial charge in [-0.2, -0.15) is 0 Å². The molecule has 6 nitrogen and oxygen atoms in total. The number of unbranched alkanes of at least 4 members (excludes halogenated alkanes) is 9. The summed E-state index contributed by atoms with van der Waals surface area (Å²) in [5.74, 6) is -0.253. The fraction of sp³-hybridized carbons (Fsp3) is 0.909. The van der Waals surface area contributed by atoms with Gasteiger partial charge in [-0.1, -0.05) is 86.3 Å². The minimum Gasteiger partial charge on any atom is -0.465 e. The Bertz CT molecular complexity index is 416. The average molecular weight is 467 g/mol. The number of aliphatic hydroxyl groups excluding tert-OH is 1. The first kappa shape index (κ1) is 29.6. The highest BCUT2D eigenvalue weighted by molar-refractivity contribution is 8.76. The molecule has 0 aliphatic carbocycles. The van der Waals surface area contributed by atoms with E-state index in [-0.39, 0.29) is 19.8 Å². The molecule has 0 aromatic rings. The van der Waals surface area contributed by atoms with Crippen molar-refractivity contribution in [1.82, 2.24) is 0 Å². The molecule has 0 heterocycles. The Morgan fingerprint density at radius 1 is 0.767 bits per heavy atom. The number of carbonyl (C=O) groups excluding carboxylic acids is 2. The van der Waals surface area contributed by atoms with Gasteiger partial charge in [0.2, 0.25) is 5.41 Å². The normalized spacial score (nSPS) is 11.5. The molecule has 0 spiro atoms. The zero-order chi connectivity index (χ0) is 22.5. The summed E-state index contributed by atoms with van der Waals surface area (Å²) in [6.45, 7) is 4.80.